The van der Waals surface area contributed by atoms with Crippen molar-refractivity contribution < 1.29 is 27.5 Å². The van der Waals surface area contributed by atoms with Gasteiger partial charge in [-0.15, -0.1) is 0 Å². The van der Waals surface area contributed by atoms with E-state index in [2.05, 4.69) is 5.32 Å². The van der Waals surface area contributed by atoms with E-state index in [1.165, 1.54) is 24.1 Å². The number of carbonyl (C=O) groups is 2. The maximum atomic E-state index is 14.7. The van der Waals surface area contributed by atoms with Gasteiger partial charge in [-0.1, -0.05) is 73.0 Å². The Hall–Kier alpha value is -4.83. The second-order valence-corrected chi connectivity index (χ2v) is 14.0. The molecular formula is C38H43N3O6S. The molecule has 0 bridgehead atoms. The molecule has 0 saturated heterocycles. The fourth-order valence-electron chi connectivity index (χ4n) is 6.00. The Labute approximate surface area is 283 Å². The largest absolute Gasteiger partial charge is 0.497 e. The zero-order valence-corrected chi connectivity index (χ0v) is 28.5. The van der Waals surface area contributed by atoms with E-state index < -0.39 is 28.5 Å². The first kappa shape index (κ1) is 34.5. The molecule has 0 unspecified atom stereocenters. The normalized spacial score (nSPS) is 13.8. The number of aryl methyl sites for hydroxylation is 1. The van der Waals surface area contributed by atoms with Gasteiger partial charge >= 0.3 is 0 Å². The van der Waals surface area contributed by atoms with Gasteiger partial charge in [-0.05, 0) is 79.4 Å². The molecule has 48 heavy (non-hydrogen) atoms. The molecule has 252 valence electrons. The van der Waals surface area contributed by atoms with Gasteiger partial charge in [0.25, 0.3) is 10.0 Å². The number of rotatable bonds is 14. The summed E-state index contributed by atoms with van der Waals surface area (Å²) in [5.41, 5.74) is 2.82. The Morgan fingerprint density at radius 3 is 2.10 bits per heavy atom. The van der Waals surface area contributed by atoms with Crippen LogP contribution >= 0.6 is 0 Å². The molecule has 1 fully saturated rings. The molecule has 0 radical (unpaired) electrons. The monoisotopic (exact) mass is 669 g/mol. The third-order valence-electron chi connectivity index (χ3n) is 8.71. The van der Waals surface area contributed by atoms with Crippen LogP contribution in [0.15, 0.2) is 108 Å². The van der Waals surface area contributed by atoms with Crippen LogP contribution in [0.3, 0.4) is 0 Å². The Morgan fingerprint density at radius 1 is 0.812 bits per heavy atom. The van der Waals surface area contributed by atoms with Gasteiger partial charge in [0.15, 0.2) is 0 Å². The van der Waals surface area contributed by atoms with Crippen molar-refractivity contribution in [3.8, 4) is 11.5 Å². The highest BCUT2D eigenvalue weighted by molar-refractivity contribution is 7.92. The van der Waals surface area contributed by atoms with Gasteiger partial charge in [0.05, 0.1) is 24.8 Å². The van der Waals surface area contributed by atoms with Crippen molar-refractivity contribution in [3.05, 3.63) is 120 Å². The molecule has 10 heteroatoms. The Kier molecular flexibility index (Phi) is 11.4. The lowest BCUT2D eigenvalue weighted by Gasteiger charge is -2.34. The van der Waals surface area contributed by atoms with Crippen LogP contribution in [0.5, 0.6) is 11.5 Å². The summed E-state index contributed by atoms with van der Waals surface area (Å²) in [5.74, 6) is 0.367. The molecule has 1 N–H and O–H groups in total. The van der Waals surface area contributed by atoms with Gasteiger partial charge in [-0.2, -0.15) is 0 Å². The van der Waals surface area contributed by atoms with Gasteiger partial charge in [0.1, 0.15) is 24.1 Å². The van der Waals surface area contributed by atoms with E-state index in [1.54, 1.807) is 43.5 Å². The van der Waals surface area contributed by atoms with Crippen LogP contribution in [0.2, 0.25) is 0 Å². The molecule has 1 aliphatic carbocycles. The molecule has 2 amide bonds. The van der Waals surface area contributed by atoms with E-state index in [1.807, 2.05) is 61.5 Å². The summed E-state index contributed by atoms with van der Waals surface area (Å²) in [6.45, 7) is 1.41. The van der Waals surface area contributed by atoms with Crippen LogP contribution in [0.25, 0.3) is 0 Å². The molecule has 0 aliphatic heterocycles. The number of sulfonamides is 1. The number of ether oxygens (including phenoxy) is 2. The van der Waals surface area contributed by atoms with E-state index >= 15 is 0 Å². The zero-order chi connectivity index (χ0) is 34.1. The Balaban J connectivity index is 1.57. The summed E-state index contributed by atoms with van der Waals surface area (Å²) in [5, 5.41) is 3.20. The van der Waals surface area contributed by atoms with Gasteiger partial charge < -0.3 is 19.7 Å². The molecule has 9 nitrogen and oxygen atoms in total. The maximum Gasteiger partial charge on any atom is 0.264 e. The minimum atomic E-state index is -4.20. The van der Waals surface area contributed by atoms with Crippen LogP contribution in [0.4, 0.5) is 5.69 Å². The summed E-state index contributed by atoms with van der Waals surface area (Å²) >= 11 is 0. The van der Waals surface area contributed by atoms with E-state index in [0.29, 0.717) is 17.2 Å². The molecule has 0 heterocycles. The predicted molar refractivity (Wildman–Crippen MR) is 187 cm³/mol. The summed E-state index contributed by atoms with van der Waals surface area (Å²) in [6, 6.07) is 29.0. The third-order valence-corrected chi connectivity index (χ3v) is 10.5. The number of hydrogen-bond acceptors (Lipinski definition) is 6. The summed E-state index contributed by atoms with van der Waals surface area (Å²) in [4.78, 5) is 30.4. The molecular weight excluding hydrogens is 627 g/mol. The van der Waals surface area contributed by atoms with Crippen molar-refractivity contribution in [3.63, 3.8) is 0 Å². The number of hydrogen-bond donors (Lipinski definition) is 1. The van der Waals surface area contributed by atoms with Crippen LogP contribution < -0.4 is 19.1 Å². The first-order valence-corrected chi connectivity index (χ1v) is 17.6. The maximum absolute atomic E-state index is 14.7. The highest BCUT2D eigenvalue weighted by atomic mass is 32.2. The standard InChI is InChI=1S/C38H43N3O6S/c1-28-16-22-35(23-17-28)48(44,45)41(32-18-20-33(46-2)21-19-32)27-37(42)40(26-30-12-9-15-34(24-30)47-3)36(25-29-10-5-4-6-11-29)38(43)39-31-13-7-8-14-31/h4-6,9-12,15-24,31,36H,7-8,13-14,25-27H2,1-3H3,(H,39,43)/t36-/m1/s1. The molecule has 0 spiro atoms. The lowest BCUT2D eigenvalue weighted by Crippen LogP contribution is -2.54. The van der Waals surface area contributed by atoms with E-state index in [9.17, 15) is 18.0 Å². The van der Waals surface area contributed by atoms with E-state index in [4.69, 9.17) is 9.47 Å². The van der Waals surface area contributed by atoms with Crippen molar-refractivity contribution in [2.45, 2.75) is 62.6 Å². The fraction of sp³-hybridized carbons (Fsp3) is 0.316. The van der Waals surface area contributed by atoms with Gasteiger partial charge in [-0.3, -0.25) is 13.9 Å². The van der Waals surface area contributed by atoms with E-state index in [0.717, 1.165) is 46.7 Å². The molecule has 4 aromatic carbocycles. The van der Waals surface area contributed by atoms with Gasteiger partial charge in [-0.25, -0.2) is 8.42 Å². The van der Waals surface area contributed by atoms with Crippen molar-refractivity contribution in [2.75, 3.05) is 25.1 Å². The Bertz CT molecular complexity index is 1770. The van der Waals surface area contributed by atoms with Crippen molar-refractivity contribution in [1.29, 1.82) is 0 Å². The average Bonchev–Trinajstić information content (AvgIpc) is 3.62. The van der Waals surface area contributed by atoms with Gasteiger partial charge in [0.2, 0.25) is 11.8 Å². The van der Waals surface area contributed by atoms with Crippen molar-refractivity contribution in [2.24, 2.45) is 0 Å². The molecule has 1 aliphatic rings. The Morgan fingerprint density at radius 2 is 1.46 bits per heavy atom. The predicted octanol–water partition coefficient (Wildman–Crippen LogP) is 5.91. The topological polar surface area (TPSA) is 105 Å². The second-order valence-electron chi connectivity index (χ2n) is 12.1. The SMILES string of the molecule is COc1ccc(N(CC(=O)N(Cc2cccc(OC)c2)[C@H](Cc2ccccc2)C(=O)NC2CCCC2)S(=O)(=O)c2ccc(C)cc2)cc1. The van der Waals surface area contributed by atoms with Crippen molar-refractivity contribution in [1.82, 2.24) is 10.2 Å². The summed E-state index contributed by atoms with van der Waals surface area (Å²) in [7, 11) is -1.11. The lowest BCUT2D eigenvalue weighted by molar-refractivity contribution is -0.140. The second kappa shape index (κ2) is 15.8. The van der Waals surface area contributed by atoms with E-state index in [-0.39, 0.29) is 29.8 Å². The van der Waals surface area contributed by atoms with Crippen LogP contribution in [0.1, 0.15) is 42.4 Å². The molecule has 1 atom stereocenters. The minimum Gasteiger partial charge on any atom is -0.497 e. The molecule has 0 aromatic heterocycles. The number of carbonyl (C=O) groups excluding carboxylic acids is 2. The van der Waals surface area contributed by atoms with Crippen LogP contribution in [-0.4, -0.2) is 58.0 Å². The number of anilines is 1. The molecule has 1 saturated carbocycles. The first-order valence-electron chi connectivity index (χ1n) is 16.2. The summed E-state index contributed by atoms with van der Waals surface area (Å²) < 4.78 is 40.4. The number of nitrogens with one attached hydrogen (secondary N) is 1. The van der Waals surface area contributed by atoms with Gasteiger partial charge in [0, 0.05) is 19.0 Å². The first-order chi connectivity index (χ1) is 23.2. The highest BCUT2D eigenvalue weighted by Crippen LogP contribution is 2.28. The quantitative estimate of drug-likeness (QED) is 0.179. The highest BCUT2D eigenvalue weighted by Gasteiger charge is 2.35. The number of amides is 2. The molecule has 5 rings (SSSR count). The minimum absolute atomic E-state index is 0.0299. The fourth-order valence-corrected chi connectivity index (χ4v) is 7.42. The summed E-state index contributed by atoms with van der Waals surface area (Å²) in [6.07, 6.45) is 4.09. The van der Waals surface area contributed by atoms with Crippen LogP contribution in [0, 0.1) is 6.92 Å². The number of nitrogens with zero attached hydrogens (tertiary/aromatic N) is 2. The lowest BCUT2D eigenvalue weighted by atomic mass is 10.0. The van der Waals surface area contributed by atoms with Crippen LogP contribution in [-0.2, 0) is 32.6 Å². The van der Waals surface area contributed by atoms with Crippen molar-refractivity contribution >= 4 is 27.5 Å². The number of methoxy groups -OCH3 is 2. The average molecular weight is 670 g/mol. The zero-order valence-electron chi connectivity index (χ0n) is 27.7. The number of benzene rings is 4. The third kappa shape index (κ3) is 8.55. The smallest absolute Gasteiger partial charge is 0.264 e. The molecule has 4 aromatic rings.